The molecule has 2 heterocycles. The molecule has 1 N–H and O–H groups in total. The maximum atomic E-state index is 11.5. The summed E-state index contributed by atoms with van der Waals surface area (Å²) in [6.07, 6.45) is 1.18. The molecule has 1 saturated heterocycles. The quantitative estimate of drug-likeness (QED) is 0.918. The number of anilines is 1. The van der Waals surface area contributed by atoms with E-state index in [9.17, 15) is 9.90 Å². The van der Waals surface area contributed by atoms with Crippen molar-refractivity contribution in [1.29, 1.82) is 0 Å². The van der Waals surface area contributed by atoms with Gasteiger partial charge in [0, 0.05) is 11.8 Å². The van der Waals surface area contributed by atoms with E-state index in [2.05, 4.69) is 4.98 Å². The average Bonchev–Trinajstić information content (AvgIpc) is 3.14. The predicted octanol–water partition coefficient (Wildman–Crippen LogP) is 2.82. The van der Waals surface area contributed by atoms with Crippen LogP contribution in [0.2, 0.25) is 0 Å². The molecule has 1 aromatic carbocycles. The molecule has 0 radical (unpaired) electrons. The number of para-hydroxylation sites is 1. The highest BCUT2D eigenvalue weighted by atomic mass is 32.1. The Hall–Kier alpha value is -2.08. The summed E-state index contributed by atoms with van der Waals surface area (Å²) < 4.78 is 5.91. The number of ether oxygens (including phenoxy) is 1. The molecule has 1 aliphatic rings. The number of hydrogen-bond donors (Lipinski definition) is 1. The van der Waals surface area contributed by atoms with Crippen LogP contribution < -0.4 is 9.64 Å². The first kappa shape index (κ1) is 14.8. The van der Waals surface area contributed by atoms with Gasteiger partial charge in [-0.05, 0) is 18.6 Å². The van der Waals surface area contributed by atoms with Gasteiger partial charge < -0.3 is 14.7 Å². The van der Waals surface area contributed by atoms with Crippen LogP contribution in [0.5, 0.6) is 5.75 Å². The van der Waals surface area contributed by atoms with Crippen molar-refractivity contribution in [3.05, 3.63) is 41.4 Å². The molecular weight excluding hydrogens is 300 g/mol. The second-order valence-corrected chi connectivity index (χ2v) is 6.11. The van der Waals surface area contributed by atoms with Crippen LogP contribution in [0.1, 0.15) is 19.0 Å². The predicted molar refractivity (Wildman–Crippen MR) is 85.7 cm³/mol. The molecule has 22 heavy (non-hydrogen) atoms. The minimum absolute atomic E-state index is 0.141. The van der Waals surface area contributed by atoms with Crippen LogP contribution in [0.3, 0.4) is 0 Å². The van der Waals surface area contributed by atoms with Gasteiger partial charge in [-0.3, -0.25) is 0 Å². The summed E-state index contributed by atoms with van der Waals surface area (Å²) in [6.45, 7) is 2.58. The fourth-order valence-electron chi connectivity index (χ4n) is 2.61. The second-order valence-electron chi connectivity index (χ2n) is 5.27. The number of carboxylic acids is 1. The summed E-state index contributed by atoms with van der Waals surface area (Å²) in [5, 5.41) is 12.2. The largest absolute Gasteiger partial charge is 0.488 e. The zero-order valence-electron chi connectivity index (χ0n) is 12.3. The van der Waals surface area contributed by atoms with Crippen LogP contribution in [-0.4, -0.2) is 34.8 Å². The highest BCUT2D eigenvalue weighted by molar-refractivity contribution is 7.13. The molecule has 1 fully saturated rings. The number of hydrogen-bond acceptors (Lipinski definition) is 5. The van der Waals surface area contributed by atoms with Crippen LogP contribution in [-0.2, 0) is 11.2 Å². The first-order chi connectivity index (χ1) is 10.7. The van der Waals surface area contributed by atoms with E-state index in [1.807, 2.05) is 47.5 Å². The number of rotatable bonds is 5. The average molecular weight is 318 g/mol. The van der Waals surface area contributed by atoms with E-state index in [0.717, 1.165) is 23.0 Å². The van der Waals surface area contributed by atoms with Gasteiger partial charge in [-0.25, -0.2) is 9.78 Å². The van der Waals surface area contributed by atoms with Gasteiger partial charge in [0.15, 0.2) is 5.13 Å². The molecule has 0 amide bonds. The first-order valence-corrected chi connectivity index (χ1v) is 8.21. The lowest BCUT2D eigenvalue weighted by Gasteiger charge is -2.19. The van der Waals surface area contributed by atoms with Crippen LogP contribution in [0.4, 0.5) is 5.13 Å². The number of aryl methyl sites for hydroxylation is 1. The summed E-state index contributed by atoms with van der Waals surface area (Å²) in [5.41, 5.74) is 0.997. The molecule has 1 aliphatic heterocycles. The minimum atomic E-state index is -0.826. The lowest BCUT2D eigenvalue weighted by atomic mass is 10.2. The highest BCUT2D eigenvalue weighted by Crippen LogP contribution is 2.31. The van der Waals surface area contributed by atoms with Gasteiger partial charge in [0.05, 0.1) is 12.2 Å². The van der Waals surface area contributed by atoms with Crippen molar-refractivity contribution in [3.63, 3.8) is 0 Å². The smallest absolute Gasteiger partial charge is 0.326 e. The van der Waals surface area contributed by atoms with Gasteiger partial charge in [0.2, 0.25) is 0 Å². The van der Waals surface area contributed by atoms with Crippen LogP contribution in [0, 0.1) is 0 Å². The molecule has 2 atom stereocenters. The van der Waals surface area contributed by atoms with Crippen LogP contribution in [0.15, 0.2) is 35.7 Å². The summed E-state index contributed by atoms with van der Waals surface area (Å²) in [4.78, 5) is 17.9. The molecule has 1 aromatic heterocycles. The molecule has 3 rings (SSSR count). The third kappa shape index (κ3) is 3.06. The Morgan fingerprint density at radius 2 is 2.23 bits per heavy atom. The number of nitrogens with zero attached hydrogens (tertiary/aromatic N) is 2. The number of benzene rings is 1. The molecule has 5 nitrogen and oxygen atoms in total. The zero-order valence-corrected chi connectivity index (χ0v) is 13.1. The van der Waals surface area contributed by atoms with E-state index in [-0.39, 0.29) is 6.10 Å². The second kappa shape index (κ2) is 6.36. The van der Waals surface area contributed by atoms with Crippen LogP contribution in [0.25, 0.3) is 0 Å². The van der Waals surface area contributed by atoms with Gasteiger partial charge in [0.25, 0.3) is 0 Å². The SMILES string of the molecule is CCc1csc(N2C[C@@H](Oc3ccccc3)C[C@H]2C(=O)O)n1. The molecule has 0 saturated carbocycles. The molecule has 0 aliphatic carbocycles. The van der Waals surface area contributed by atoms with Crippen molar-refractivity contribution in [3.8, 4) is 5.75 Å². The van der Waals surface area contributed by atoms with Crippen molar-refractivity contribution < 1.29 is 14.6 Å². The summed E-state index contributed by atoms with van der Waals surface area (Å²) in [5.74, 6) is -0.0562. The fourth-order valence-corrected chi connectivity index (χ4v) is 3.58. The van der Waals surface area contributed by atoms with E-state index in [1.165, 1.54) is 11.3 Å². The van der Waals surface area contributed by atoms with Gasteiger partial charge in [-0.2, -0.15) is 0 Å². The first-order valence-electron chi connectivity index (χ1n) is 7.33. The number of aromatic nitrogens is 1. The zero-order chi connectivity index (χ0) is 15.5. The summed E-state index contributed by atoms with van der Waals surface area (Å²) in [6, 6.07) is 8.93. The van der Waals surface area contributed by atoms with Gasteiger partial charge in [0.1, 0.15) is 17.9 Å². The van der Waals surface area contributed by atoms with E-state index in [1.54, 1.807) is 0 Å². The van der Waals surface area contributed by atoms with Gasteiger partial charge in [-0.1, -0.05) is 25.1 Å². The number of thiazole rings is 1. The Kier molecular flexibility index (Phi) is 4.29. The maximum absolute atomic E-state index is 11.5. The van der Waals surface area contributed by atoms with Crippen molar-refractivity contribution in [2.75, 3.05) is 11.4 Å². The topological polar surface area (TPSA) is 62.7 Å². The Labute approximate surface area is 133 Å². The number of carboxylic acid groups (broad SMARTS) is 1. The lowest BCUT2D eigenvalue weighted by Crippen LogP contribution is -2.36. The third-order valence-corrected chi connectivity index (χ3v) is 4.67. The minimum Gasteiger partial charge on any atom is -0.488 e. The Morgan fingerprint density at radius 1 is 1.45 bits per heavy atom. The van der Waals surface area contributed by atoms with E-state index in [0.29, 0.717) is 13.0 Å². The molecule has 0 spiro atoms. The van der Waals surface area contributed by atoms with E-state index >= 15 is 0 Å². The summed E-state index contributed by atoms with van der Waals surface area (Å²) in [7, 11) is 0. The Morgan fingerprint density at radius 3 is 2.86 bits per heavy atom. The van der Waals surface area contributed by atoms with Crippen molar-refractivity contribution in [2.24, 2.45) is 0 Å². The number of carbonyl (C=O) groups is 1. The molecular formula is C16H18N2O3S. The molecule has 0 bridgehead atoms. The van der Waals surface area contributed by atoms with Crippen LogP contribution >= 0.6 is 11.3 Å². The molecule has 0 unspecified atom stereocenters. The van der Waals surface area contributed by atoms with Crippen molar-refractivity contribution >= 4 is 22.4 Å². The molecule has 2 aromatic rings. The highest BCUT2D eigenvalue weighted by Gasteiger charge is 2.39. The number of aliphatic carboxylic acids is 1. The normalized spacial score (nSPS) is 21.0. The third-order valence-electron chi connectivity index (χ3n) is 3.74. The standard InChI is InChI=1S/C16H18N2O3S/c1-2-11-10-22-16(17-11)18-9-13(8-14(18)15(19)20)21-12-6-4-3-5-7-12/h3-7,10,13-14H,2,8-9H2,1H3,(H,19,20)/t13-,14-/m0/s1. The van der Waals surface area contributed by atoms with Crippen molar-refractivity contribution in [1.82, 2.24) is 4.98 Å². The fraction of sp³-hybridized carbons (Fsp3) is 0.375. The molecule has 116 valence electrons. The lowest BCUT2D eigenvalue weighted by molar-refractivity contribution is -0.138. The molecule has 6 heteroatoms. The van der Waals surface area contributed by atoms with Gasteiger partial charge >= 0.3 is 5.97 Å². The Balaban J connectivity index is 1.76. The van der Waals surface area contributed by atoms with Crippen molar-refractivity contribution in [2.45, 2.75) is 31.9 Å². The monoisotopic (exact) mass is 318 g/mol. The van der Waals surface area contributed by atoms with Gasteiger partial charge in [-0.15, -0.1) is 11.3 Å². The Bertz CT molecular complexity index is 644. The van der Waals surface area contributed by atoms with E-state index in [4.69, 9.17) is 4.74 Å². The summed E-state index contributed by atoms with van der Waals surface area (Å²) >= 11 is 1.50. The van der Waals surface area contributed by atoms with E-state index < -0.39 is 12.0 Å². The maximum Gasteiger partial charge on any atom is 0.326 e.